The molecule has 1 aromatic carbocycles. The fraction of sp³-hybridized carbons (Fsp3) is 0.526. The Balaban J connectivity index is 1.78. The molecule has 2 aliphatic rings. The van der Waals surface area contributed by atoms with E-state index in [9.17, 15) is 14.4 Å². The maximum absolute atomic E-state index is 12.7. The molecule has 1 aliphatic carbocycles. The van der Waals surface area contributed by atoms with E-state index in [0.29, 0.717) is 23.8 Å². The van der Waals surface area contributed by atoms with Gasteiger partial charge in [-0.15, -0.1) is 0 Å². The van der Waals surface area contributed by atoms with Gasteiger partial charge in [0.15, 0.2) is 0 Å². The molecule has 3 rings (SSSR count). The van der Waals surface area contributed by atoms with Crippen LogP contribution in [0.25, 0.3) is 0 Å². The first kappa shape index (κ1) is 16.7. The average molecular weight is 329 g/mol. The number of carbonyl (C=O) groups excluding carboxylic acids is 3. The van der Waals surface area contributed by atoms with Crippen molar-refractivity contribution in [2.45, 2.75) is 39.5 Å². The second-order valence-electron chi connectivity index (χ2n) is 6.83. The number of ether oxygens (including phenoxy) is 1. The van der Waals surface area contributed by atoms with Crippen LogP contribution >= 0.6 is 0 Å². The standard InChI is InChI=1S/C19H23NO4/c1-3-10-24-19(23)13-5-7-14(8-6-13)20-17(21)15-9-4-12(2)11-16(15)18(20)22/h5-8,12,15-16H,3-4,9-11H2,1-2H3/t12-,15-,16+/m1/s1. The topological polar surface area (TPSA) is 63.7 Å². The lowest BCUT2D eigenvalue weighted by molar-refractivity contribution is -0.122. The lowest BCUT2D eigenvalue weighted by atomic mass is 9.76. The summed E-state index contributed by atoms with van der Waals surface area (Å²) in [5.41, 5.74) is 0.969. The zero-order chi connectivity index (χ0) is 17.3. The third kappa shape index (κ3) is 2.95. The number of benzene rings is 1. The van der Waals surface area contributed by atoms with Crippen molar-refractivity contribution in [3.8, 4) is 0 Å². The number of anilines is 1. The second kappa shape index (κ2) is 6.75. The smallest absolute Gasteiger partial charge is 0.338 e. The van der Waals surface area contributed by atoms with E-state index < -0.39 is 0 Å². The molecule has 5 heteroatoms. The molecule has 1 heterocycles. The van der Waals surface area contributed by atoms with Crippen LogP contribution in [0.1, 0.15) is 49.9 Å². The highest BCUT2D eigenvalue weighted by Crippen LogP contribution is 2.42. The van der Waals surface area contributed by atoms with Gasteiger partial charge in [0, 0.05) is 0 Å². The lowest BCUT2D eigenvalue weighted by Gasteiger charge is -2.25. The van der Waals surface area contributed by atoms with Crippen LogP contribution in [0.3, 0.4) is 0 Å². The van der Waals surface area contributed by atoms with Crippen LogP contribution in [0, 0.1) is 17.8 Å². The van der Waals surface area contributed by atoms with Crippen molar-refractivity contribution < 1.29 is 19.1 Å². The highest BCUT2D eigenvalue weighted by molar-refractivity contribution is 6.22. The second-order valence-corrected chi connectivity index (χ2v) is 6.83. The zero-order valence-corrected chi connectivity index (χ0v) is 14.2. The fourth-order valence-corrected chi connectivity index (χ4v) is 3.67. The third-order valence-corrected chi connectivity index (χ3v) is 4.99. The number of nitrogens with zero attached hydrogens (tertiary/aromatic N) is 1. The summed E-state index contributed by atoms with van der Waals surface area (Å²) in [6.07, 6.45) is 3.33. The molecule has 1 saturated carbocycles. The van der Waals surface area contributed by atoms with E-state index in [1.165, 1.54) is 4.90 Å². The summed E-state index contributed by atoms with van der Waals surface area (Å²) in [6, 6.07) is 6.52. The summed E-state index contributed by atoms with van der Waals surface area (Å²) in [5, 5.41) is 0. The Labute approximate surface area is 142 Å². The number of hydrogen-bond acceptors (Lipinski definition) is 4. The Hall–Kier alpha value is -2.17. The molecule has 5 nitrogen and oxygen atoms in total. The molecule has 24 heavy (non-hydrogen) atoms. The van der Waals surface area contributed by atoms with Gasteiger partial charge in [-0.05, 0) is 55.9 Å². The van der Waals surface area contributed by atoms with Crippen molar-refractivity contribution in [3.05, 3.63) is 29.8 Å². The van der Waals surface area contributed by atoms with Crippen LogP contribution in [0.15, 0.2) is 24.3 Å². The van der Waals surface area contributed by atoms with Gasteiger partial charge in [0.2, 0.25) is 11.8 Å². The minimum absolute atomic E-state index is 0.0989. The molecule has 0 bridgehead atoms. The molecule has 2 fully saturated rings. The van der Waals surface area contributed by atoms with Crippen LogP contribution in [0.5, 0.6) is 0 Å². The minimum Gasteiger partial charge on any atom is -0.462 e. The van der Waals surface area contributed by atoms with Crippen molar-refractivity contribution in [1.82, 2.24) is 0 Å². The Morgan fingerprint density at radius 3 is 2.46 bits per heavy atom. The van der Waals surface area contributed by atoms with Crippen molar-refractivity contribution in [2.75, 3.05) is 11.5 Å². The minimum atomic E-state index is -0.384. The van der Waals surface area contributed by atoms with E-state index >= 15 is 0 Å². The maximum atomic E-state index is 12.7. The zero-order valence-electron chi connectivity index (χ0n) is 14.2. The lowest BCUT2D eigenvalue weighted by Crippen LogP contribution is -2.30. The van der Waals surface area contributed by atoms with Crippen molar-refractivity contribution in [3.63, 3.8) is 0 Å². The Morgan fingerprint density at radius 2 is 1.79 bits per heavy atom. The quantitative estimate of drug-likeness (QED) is 0.629. The number of hydrogen-bond donors (Lipinski definition) is 0. The van der Waals surface area contributed by atoms with Crippen molar-refractivity contribution in [2.24, 2.45) is 17.8 Å². The van der Waals surface area contributed by atoms with E-state index in [4.69, 9.17) is 4.74 Å². The first-order chi connectivity index (χ1) is 11.5. The molecule has 1 aliphatic heterocycles. The number of amides is 2. The van der Waals surface area contributed by atoms with Gasteiger partial charge in [0.25, 0.3) is 0 Å². The monoisotopic (exact) mass is 329 g/mol. The van der Waals surface area contributed by atoms with Crippen molar-refractivity contribution in [1.29, 1.82) is 0 Å². The number of imide groups is 1. The Morgan fingerprint density at radius 1 is 1.12 bits per heavy atom. The molecule has 0 N–H and O–H groups in total. The summed E-state index contributed by atoms with van der Waals surface area (Å²) in [4.78, 5) is 38.4. The van der Waals surface area contributed by atoms with Crippen LogP contribution in [0.2, 0.25) is 0 Å². The van der Waals surface area contributed by atoms with E-state index in [1.807, 2.05) is 6.92 Å². The average Bonchev–Trinajstić information content (AvgIpc) is 2.83. The largest absolute Gasteiger partial charge is 0.462 e. The summed E-state index contributed by atoms with van der Waals surface area (Å²) in [6.45, 7) is 4.44. The number of esters is 1. The molecular formula is C19H23NO4. The van der Waals surface area contributed by atoms with E-state index in [-0.39, 0.29) is 29.6 Å². The van der Waals surface area contributed by atoms with Crippen LogP contribution in [0.4, 0.5) is 5.69 Å². The number of fused-ring (bicyclic) bond motifs is 1. The van der Waals surface area contributed by atoms with Gasteiger partial charge < -0.3 is 4.74 Å². The van der Waals surface area contributed by atoms with E-state index in [1.54, 1.807) is 24.3 Å². The van der Waals surface area contributed by atoms with Gasteiger partial charge in [-0.25, -0.2) is 4.79 Å². The molecular weight excluding hydrogens is 306 g/mol. The summed E-state index contributed by atoms with van der Waals surface area (Å²) < 4.78 is 5.09. The van der Waals surface area contributed by atoms with Gasteiger partial charge in [-0.2, -0.15) is 0 Å². The van der Waals surface area contributed by atoms with Gasteiger partial charge in [0.1, 0.15) is 0 Å². The highest BCUT2D eigenvalue weighted by atomic mass is 16.5. The number of carbonyl (C=O) groups is 3. The molecule has 0 unspecified atom stereocenters. The molecule has 3 atom stereocenters. The Kier molecular flexibility index (Phi) is 4.69. The van der Waals surface area contributed by atoms with E-state index in [0.717, 1.165) is 25.7 Å². The molecule has 0 spiro atoms. The van der Waals surface area contributed by atoms with Gasteiger partial charge in [0.05, 0.1) is 29.7 Å². The predicted octanol–water partition coefficient (Wildman–Crippen LogP) is 3.18. The summed E-state index contributed by atoms with van der Waals surface area (Å²) in [7, 11) is 0. The summed E-state index contributed by atoms with van der Waals surface area (Å²) >= 11 is 0. The molecule has 0 aromatic heterocycles. The normalized spacial score (nSPS) is 26.4. The van der Waals surface area contributed by atoms with Crippen LogP contribution in [-0.4, -0.2) is 24.4 Å². The maximum Gasteiger partial charge on any atom is 0.338 e. The van der Waals surface area contributed by atoms with E-state index in [2.05, 4.69) is 6.92 Å². The molecule has 2 amide bonds. The molecule has 1 aromatic rings. The van der Waals surface area contributed by atoms with Gasteiger partial charge in [-0.1, -0.05) is 13.8 Å². The SMILES string of the molecule is CCCOC(=O)c1ccc(N2C(=O)[C@H]3C[C@H](C)CC[C@H]3C2=O)cc1. The first-order valence-corrected chi connectivity index (χ1v) is 8.68. The van der Waals surface area contributed by atoms with Crippen LogP contribution in [-0.2, 0) is 14.3 Å². The third-order valence-electron chi connectivity index (χ3n) is 4.99. The molecule has 1 saturated heterocycles. The highest BCUT2D eigenvalue weighted by Gasteiger charge is 2.49. The first-order valence-electron chi connectivity index (χ1n) is 8.68. The summed E-state index contributed by atoms with van der Waals surface area (Å²) in [5.74, 6) is -0.460. The number of rotatable bonds is 4. The van der Waals surface area contributed by atoms with Crippen molar-refractivity contribution >= 4 is 23.5 Å². The molecule has 0 radical (unpaired) electrons. The van der Waals surface area contributed by atoms with Gasteiger partial charge in [-0.3, -0.25) is 14.5 Å². The Bertz CT molecular complexity index is 652. The molecule has 128 valence electrons. The fourth-order valence-electron chi connectivity index (χ4n) is 3.67. The van der Waals surface area contributed by atoms with Crippen LogP contribution < -0.4 is 4.90 Å². The van der Waals surface area contributed by atoms with Gasteiger partial charge >= 0.3 is 5.97 Å². The predicted molar refractivity (Wildman–Crippen MR) is 89.5 cm³/mol.